The smallest absolute Gasteiger partial charge is 0.142 e. The van der Waals surface area contributed by atoms with Crippen molar-refractivity contribution in [2.45, 2.75) is 38.5 Å². The molecule has 0 amide bonds. The number of rotatable bonds is 0. The van der Waals surface area contributed by atoms with Crippen molar-refractivity contribution in [2.75, 3.05) is 6.54 Å². The first-order valence-corrected chi connectivity index (χ1v) is 5.62. The number of aliphatic imine (C=N–C) groups is 1. The zero-order valence-corrected chi connectivity index (χ0v) is 9.24. The van der Waals surface area contributed by atoms with Crippen molar-refractivity contribution in [3.63, 3.8) is 0 Å². The van der Waals surface area contributed by atoms with E-state index >= 15 is 0 Å². The third kappa shape index (κ3) is 4.68. The Labute approximate surface area is 89.8 Å². The average Bonchev–Trinajstić information content (AvgIpc) is 2.55. The van der Waals surface area contributed by atoms with Gasteiger partial charge in [0.15, 0.2) is 0 Å². The van der Waals surface area contributed by atoms with Crippen LogP contribution in [0.25, 0.3) is 0 Å². The van der Waals surface area contributed by atoms with Crippen molar-refractivity contribution < 1.29 is 0 Å². The molecule has 1 fully saturated rings. The highest BCUT2D eigenvalue weighted by Crippen LogP contribution is 2.15. The molecule has 1 nitrogen and oxygen atoms in total. The molecule has 0 atom stereocenters. The number of allylic oxidation sites excluding steroid dienone is 1. The second kappa shape index (κ2) is 6.44. The summed E-state index contributed by atoms with van der Waals surface area (Å²) in [5, 5.41) is 1.00. The third-order valence-corrected chi connectivity index (χ3v) is 2.95. The summed E-state index contributed by atoms with van der Waals surface area (Å²) < 4.78 is 0. The minimum Gasteiger partial charge on any atom is -0.268 e. The number of hydrogen-bond donors (Lipinski definition) is 0. The summed E-state index contributed by atoms with van der Waals surface area (Å²) in [7, 11) is 0. The Kier molecular flexibility index (Phi) is 5.49. The minimum atomic E-state index is 0.432. The van der Waals surface area contributed by atoms with Crippen LogP contribution in [0.2, 0.25) is 0 Å². The summed E-state index contributed by atoms with van der Waals surface area (Å²) in [6.45, 7) is 0.637. The van der Waals surface area contributed by atoms with Crippen LogP contribution in [-0.4, -0.2) is 11.7 Å². The quantitative estimate of drug-likeness (QED) is 0.582. The summed E-state index contributed by atoms with van der Waals surface area (Å²) in [6, 6.07) is 0. The molecule has 3 heteroatoms. The summed E-state index contributed by atoms with van der Waals surface area (Å²) in [4.78, 5) is 3.77. The van der Waals surface area contributed by atoms with Crippen LogP contribution in [0.5, 0.6) is 0 Å². The zero-order chi connectivity index (χ0) is 9.52. The molecule has 2 rings (SSSR count). The third-order valence-electron chi connectivity index (χ3n) is 2.20. The first-order chi connectivity index (χ1) is 6.30. The molecular weight excluding hydrogens is 205 g/mol. The van der Waals surface area contributed by atoms with Gasteiger partial charge in [0.2, 0.25) is 0 Å². The summed E-state index contributed by atoms with van der Waals surface area (Å²) >= 11 is 10.9. The highest BCUT2D eigenvalue weighted by molar-refractivity contribution is 6.76. The van der Waals surface area contributed by atoms with E-state index in [1.54, 1.807) is 6.08 Å². The molecule has 1 aliphatic heterocycles. The van der Waals surface area contributed by atoms with E-state index in [0.717, 1.165) is 0 Å². The lowest BCUT2D eigenvalue weighted by atomic mass is 10.0. The summed E-state index contributed by atoms with van der Waals surface area (Å²) in [5.41, 5.74) is 0. The summed E-state index contributed by atoms with van der Waals surface area (Å²) in [5.74, 6) is 0. The molecule has 74 valence electrons. The van der Waals surface area contributed by atoms with Gasteiger partial charge >= 0.3 is 0 Å². The second-order valence-electron chi connectivity index (χ2n) is 3.30. The minimum absolute atomic E-state index is 0.432. The van der Waals surface area contributed by atoms with Crippen molar-refractivity contribution in [3.05, 3.63) is 11.1 Å². The Balaban J connectivity index is 0.000000132. The van der Waals surface area contributed by atoms with Crippen LogP contribution in [0.3, 0.4) is 0 Å². The van der Waals surface area contributed by atoms with E-state index < -0.39 is 0 Å². The molecule has 2 aliphatic rings. The lowest BCUT2D eigenvalue weighted by molar-refractivity contribution is 0.504. The topological polar surface area (TPSA) is 12.4 Å². The SMILES string of the molecule is C1CCCCC1.ClC1=CCN=C1Cl. The van der Waals surface area contributed by atoms with Crippen molar-refractivity contribution >= 4 is 28.4 Å². The van der Waals surface area contributed by atoms with Gasteiger partial charge in [0, 0.05) is 0 Å². The lowest BCUT2D eigenvalue weighted by Crippen LogP contribution is -1.85. The molecule has 0 spiro atoms. The van der Waals surface area contributed by atoms with E-state index in [4.69, 9.17) is 23.2 Å². The van der Waals surface area contributed by atoms with Gasteiger partial charge < -0.3 is 0 Å². The number of nitrogens with zero attached hydrogens (tertiary/aromatic N) is 1. The molecule has 0 aromatic carbocycles. The van der Waals surface area contributed by atoms with Gasteiger partial charge in [0.25, 0.3) is 0 Å². The maximum absolute atomic E-state index is 5.46. The fourth-order valence-electron chi connectivity index (χ4n) is 1.43. The molecule has 13 heavy (non-hydrogen) atoms. The van der Waals surface area contributed by atoms with Gasteiger partial charge in [-0.15, -0.1) is 0 Å². The first kappa shape index (κ1) is 11.1. The molecule has 0 saturated heterocycles. The average molecular weight is 220 g/mol. The Morgan fingerprint density at radius 3 is 1.54 bits per heavy atom. The van der Waals surface area contributed by atoms with Gasteiger partial charge in [0.1, 0.15) is 5.17 Å². The molecule has 0 radical (unpaired) electrons. The van der Waals surface area contributed by atoms with Crippen molar-refractivity contribution in [3.8, 4) is 0 Å². The van der Waals surface area contributed by atoms with Crippen molar-refractivity contribution in [2.24, 2.45) is 4.99 Å². The maximum atomic E-state index is 5.46. The molecular formula is C10H15Cl2N. The second-order valence-corrected chi connectivity index (χ2v) is 4.07. The largest absolute Gasteiger partial charge is 0.268 e. The fourth-order valence-corrected chi connectivity index (χ4v) is 1.70. The predicted octanol–water partition coefficient (Wildman–Crippen LogP) is 4.10. The molecule has 1 aliphatic carbocycles. The van der Waals surface area contributed by atoms with Crippen LogP contribution in [0.1, 0.15) is 38.5 Å². The summed E-state index contributed by atoms with van der Waals surface area (Å²) in [6.07, 6.45) is 10.8. The van der Waals surface area contributed by atoms with Gasteiger partial charge in [-0.2, -0.15) is 0 Å². The maximum Gasteiger partial charge on any atom is 0.142 e. The van der Waals surface area contributed by atoms with Crippen LogP contribution >= 0.6 is 23.2 Å². The van der Waals surface area contributed by atoms with E-state index in [9.17, 15) is 0 Å². The van der Waals surface area contributed by atoms with Gasteiger partial charge in [-0.3, -0.25) is 4.99 Å². The standard InChI is InChI=1S/C6H12.C4H3Cl2N/c1-2-4-6-5-3-1;5-3-1-2-7-4(3)6/h1-6H2;1H,2H2. The number of hydrogen-bond acceptors (Lipinski definition) is 1. The van der Waals surface area contributed by atoms with E-state index in [1.165, 1.54) is 38.5 Å². The Morgan fingerprint density at radius 1 is 0.923 bits per heavy atom. The van der Waals surface area contributed by atoms with E-state index in [-0.39, 0.29) is 0 Å². The van der Waals surface area contributed by atoms with Crippen LogP contribution in [0.4, 0.5) is 0 Å². The van der Waals surface area contributed by atoms with Crippen LogP contribution in [-0.2, 0) is 0 Å². The van der Waals surface area contributed by atoms with Crippen LogP contribution in [0, 0.1) is 0 Å². The van der Waals surface area contributed by atoms with Gasteiger partial charge in [-0.25, -0.2) is 0 Å². The van der Waals surface area contributed by atoms with Crippen molar-refractivity contribution in [1.82, 2.24) is 0 Å². The highest BCUT2D eigenvalue weighted by atomic mass is 35.5. The number of halogens is 2. The van der Waals surface area contributed by atoms with Gasteiger partial charge in [-0.05, 0) is 6.08 Å². The normalized spacial score (nSPS) is 21.4. The molecule has 0 N–H and O–H groups in total. The van der Waals surface area contributed by atoms with E-state index in [2.05, 4.69) is 4.99 Å². The van der Waals surface area contributed by atoms with Crippen LogP contribution < -0.4 is 0 Å². The Bertz CT molecular complexity index is 177. The van der Waals surface area contributed by atoms with Gasteiger partial charge in [0.05, 0.1) is 11.6 Å². The molecule has 1 heterocycles. The van der Waals surface area contributed by atoms with Gasteiger partial charge in [-0.1, -0.05) is 61.7 Å². The zero-order valence-electron chi connectivity index (χ0n) is 7.73. The van der Waals surface area contributed by atoms with Crippen molar-refractivity contribution in [1.29, 1.82) is 0 Å². The molecule has 0 bridgehead atoms. The van der Waals surface area contributed by atoms with Crippen LogP contribution in [0.15, 0.2) is 16.1 Å². The first-order valence-electron chi connectivity index (χ1n) is 4.86. The Morgan fingerprint density at radius 2 is 1.38 bits per heavy atom. The van der Waals surface area contributed by atoms with E-state index in [0.29, 0.717) is 16.7 Å². The lowest BCUT2D eigenvalue weighted by Gasteiger charge is -2.05. The molecule has 0 aromatic heterocycles. The molecule has 1 saturated carbocycles. The Hall–Kier alpha value is -0.0100. The fraction of sp³-hybridized carbons (Fsp3) is 0.700. The predicted molar refractivity (Wildman–Crippen MR) is 59.8 cm³/mol. The van der Waals surface area contributed by atoms with E-state index in [1.807, 2.05) is 0 Å². The monoisotopic (exact) mass is 219 g/mol. The molecule has 0 aromatic rings. The highest BCUT2D eigenvalue weighted by Gasteiger charge is 2.03. The molecule has 0 unspecified atom stereocenters.